The summed E-state index contributed by atoms with van der Waals surface area (Å²) in [7, 11) is -3.85. The number of nitrogens with zero attached hydrogens (tertiary/aromatic N) is 2. The zero-order valence-electron chi connectivity index (χ0n) is 13.9. The van der Waals surface area contributed by atoms with Crippen LogP contribution < -0.4 is 11.2 Å². The van der Waals surface area contributed by atoms with Crippen molar-refractivity contribution in [1.29, 1.82) is 5.26 Å². The molecular weight excluding hydrogens is 353 g/mol. The maximum atomic E-state index is 12.6. The molecular formula is C14H18N3O7P. The fourth-order valence-electron chi connectivity index (χ4n) is 2.94. The third kappa shape index (κ3) is 3.10. The van der Waals surface area contributed by atoms with E-state index in [1.54, 1.807) is 13.8 Å². The minimum absolute atomic E-state index is 0.111. The summed E-state index contributed by atoms with van der Waals surface area (Å²) in [6.45, 7) is 4.77. The summed E-state index contributed by atoms with van der Waals surface area (Å²) in [5, 5.41) is 9.72. The third-order valence-electron chi connectivity index (χ3n) is 4.07. The Morgan fingerprint density at radius 2 is 2.24 bits per heavy atom. The minimum atomic E-state index is -3.85. The quantitative estimate of drug-likeness (QED) is 0.775. The summed E-state index contributed by atoms with van der Waals surface area (Å²) in [6.07, 6.45) is -1.86. The van der Waals surface area contributed by atoms with Gasteiger partial charge in [-0.2, -0.15) is 5.26 Å². The summed E-state index contributed by atoms with van der Waals surface area (Å²) in [6, 6.07) is 3.23. The lowest BCUT2D eigenvalue weighted by Crippen LogP contribution is -2.43. The molecule has 0 aromatic carbocycles. The van der Waals surface area contributed by atoms with E-state index >= 15 is 0 Å². The predicted octanol–water partition coefficient (Wildman–Crippen LogP) is 0.912. The van der Waals surface area contributed by atoms with Crippen molar-refractivity contribution in [2.45, 2.75) is 45.3 Å². The fraction of sp³-hybridized carbons (Fsp3) is 0.643. The predicted molar refractivity (Wildman–Crippen MR) is 83.6 cm³/mol. The number of phosphoric acid groups is 1. The van der Waals surface area contributed by atoms with E-state index in [1.165, 1.54) is 13.1 Å². The number of aromatic amines is 1. The first-order valence-electron chi connectivity index (χ1n) is 7.68. The normalized spacial score (nSPS) is 37.6. The van der Waals surface area contributed by atoms with Crippen LogP contribution in [0.2, 0.25) is 0 Å². The van der Waals surface area contributed by atoms with Crippen molar-refractivity contribution in [2.24, 2.45) is 5.41 Å². The Hall–Kier alpha value is -1.76. The molecule has 0 aliphatic carbocycles. The van der Waals surface area contributed by atoms with E-state index < -0.39 is 49.0 Å². The summed E-state index contributed by atoms with van der Waals surface area (Å²) in [5.41, 5.74) is -2.64. The van der Waals surface area contributed by atoms with Crippen molar-refractivity contribution in [2.75, 3.05) is 6.61 Å². The van der Waals surface area contributed by atoms with Gasteiger partial charge in [-0.05, 0) is 20.8 Å². The number of ether oxygens (including phenoxy) is 1. The molecule has 3 rings (SSSR count). The van der Waals surface area contributed by atoms with Gasteiger partial charge in [0.25, 0.3) is 5.56 Å². The van der Waals surface area contributed by atoms with Crippen LogP contribution in [-0.2, 0) is 22.9 Å². The lowest BCUT2D eigenvalue weighted by Gasteiger charge is -2.34. The number of rotatable bonds is 3. The van der Waals surface area contributed by atoms with Gasteiger partial charge in [-0.3, -0.25) is 27.9 Å². The van der Waals surface area contributed by atoms with Crippen LogP contribution in [0.15, 0.2) is 21.9 Å². The van der Waals surface area contributed by atoms with Crippen LogP contribution in [-0.4, -0.2) is 34.5 Å². The fourth-order valence-corrected chi connectivity index (χ4v) is 4.59. The molecule has 0 radical (unpaired) electrons. The monoisotopic (exact) mass is 371 g/mol. The molecule has 2 aliphatic rings. The lowest BCUT2D eigenvalue weighted by molar-refractivity contribution is -0.0749. The summed E-state index contributed by atoms with van der Waals surface area (Å²) in [4.78, 5) is 25.4. The zero-order valence-corrected chi connectivity index (χ0v) is 14.8. The number of aromatic nitrogens is 2. The smallest absolute Gasteiger partial charge is 0.348 e. The highest BCUT2D eigenvalue weighted by Crippen LogP contribution is 2.61. The van der Waals surface area contributed by atoms with Gasteiger partial charge in [0.05, 0.1) is 18.8 Å². The van der Waals surface area contributed by atoms with Gasteiger partial charge < -0.3 is 4.74 Å². The maximum absolute atomic E-state index is 12.6. The first kappa shape index (κ1) is 18.0. The second-order valence-electron chi connectivity index (χ2n) is 6.36. The standard InChI is InChI=1S/C14H18N3O7P/c1-8(2)23-25(20)21-6-9-11(24-25)14(3,7-15)12(22-9)17-5-4-10(18)16-13(17)19/h4-5,8-9,11-12H,6H2,1-3H3,(H,16,18,19)/t9?,11-,12-,14-,25?/m1/s1. The van der Waals surface area contributed by atoms with Crippen LogP contribution >= 0.6 is 7.82 Å². The molecule has 2 saturated heterocycles. The molecule has 2 aliphatic heterocycles. The highest BCUT2D eigenvalue weighted by molar-refractivity contribution is 7.48. The molecule has 0 bridgehead atoms. The van der Waals surface area contributed by atoms with Crippen molar-refractivity contribution in [1.82, 2.24) is 9.55 Å². The molecule has 10 nitrogen and oxygen atoms in total. The molecule has 1 aromatic rings. The van der Waals surface area contributed by atoms with Crippen LogP contribution in [0.1, 0.15) is 27.0 Å². The molecule has 1 N–H and O–H groups in total. The van der Waals surface area contributed by atoms with E-state index in [0.717, 1.165) is 10.6 Å². The van der Waals surface area contributed by atoms with Gasteiger partial charge >= 0.3 is 13.5 Å². The third-order valence-corrected chi connectivity index (χ3v) is 5.70. The zero-order chi connectivity index (χ0) is 18.4. The number of nitrogens with one attached hydrogen (secondary N) is 1. The highest BCUT2D eigenvalue weighted by atomic mass is 31.2. The number of nitriles is 1. The first-order chi connectivity index (χ1) is 11.7. The molecule has 0 saturated carbocycles. The Balaban J connectivity index is 1.98. The summed E-state index contributed by atoms with van der Waals surface area (Å²) < 4.78 is 35.4. The first-order valence-corrected chi connectivity index (χ1v) is 9.14. The van der Waals surface area contributed by atoms with Gasteiger partial charge in [0.2, 0.25) is 0 Å². The van der Waals surface area contributed by atoms with Crippen molar-refractivity contribution in [3.63, 3.8) is 0 Å². The minimum Gasteiger partial charge on any atom is -0.348 e. The van der Waals surface area contributed by atoms with Gasteiger partial charge in [0.1, 0.15) is 17.6 Å². The molecule has 2 unspecified atom stereocenters. The van der Waals surface area contributed by atoms with Crippen molar-refractivity contribution < 1.29 is 22.9 Å². The van der Waals surface area contributed by atoms with E-state index in [4.69, 9.17) is 18.3 Å². The Bertz CT molecular complexity index is 872. The van der Waals surface area contributed by atoms with Gasteiger partial charge in [-0.1, -0.05) is 0 Å². The number of phosphoric ester groups is 1. The van der Waals surface area contributed by atoms with E-state index in [-0.39, 0.29) is 6.61 Å². The number of fused-ring (bicyclic) bond motifs is 1. The van der Waals surface area contributed by atoms with Crippen molar-refractivity contribution in [3.8, 4) is 6.07 Å². The molecule has 1 aromatic heterocycles. The number of hydrogen-bond donors (Lipinski definition) is 1. The summed E-state index contributed by atoms with van der Waals surface area (Å²) in [5.74, 6) is 0. The average Bonchev–Trinajstić information content (AvgIpc) is 2.79. The molecule has 2 fully saturated rings. The van der Waals surface area contributed by atoms with E-state index in [9.17, 15) is 19.4 Å². The van der Waals surface area contributed by atoms with Crippen LogP contribution in [0.25, 0.3) is 0 Å². The maximum Gasteiger partial charge on any atom is 0.475 e. The molecule has 0 amide bonds. The van der Waals surface area contributed by atoms with Gasteiger partial charge in [0.15, 0.2) is 6.23 Å². The van der Waals surface area contributed by atoms with Crippen LogP contribution in [0.5, 0.6) is 0 Å². The number of H-pyrrole nitrogens is 1. The Labute approximate surface area is 142 Å². The number of hydrogen-bond acceptors (Lipinski definition) is 8. The van der Waals surface area contributed by atoms with E-state index in [1.807, 2.05) is 0 Å². The summed E-state index contributed by atoms with van der Waals surface area (Å²) >= 11 is 0. The Kier molecular flexibility index (Phi) is 4.47. The van der Waals surface area contributed by atoms with Crippen molar-refractivity contribution >= 4 is 7.82 Å². The van der Waals surface area contributed by atoms with Crippen LogP contribution in [0.4, 0.5) is 0 Å². The molecule has 25 heavy (non-hydrogen) atoms. The second kappa shape index (κ2) is 6.20. The average molecular weight is 371 g/mol. The van der Waals surface area contributed by atoms with Gasteiger partial charge in [-0.15, -0.1) is 0 Å². The second-order valence-corrected chi connectivity index (χ2v) is 7.94. The van der Waals surface area contributed by atoms with E-state index in [0.29, 0.717) is 0 Å². The highest BCUT2D eigenvalue weighted by Gasteiger charge is 2.61. The van der Waals surface area contributed by atoms with Crippen LogP contribution in [0.3, 0.4) is 0 Å². The van der Waals surface area contributed by atoms with Gasteiger partial charge in [-0.25, -0.2) is 9.36 Å². The largest absolute Gasteiger partial charge is 0.475 e. The molecule has 3 heterocycles. The Morgan fingerprint density at radius 1 is 1.52 bits per heavy atom. The van der Waals surface area contributed by atoms with Crippen LogP contribution in [0, 0.1) is 16.7 Å². The topological polar surface area (TPSA) is 133 Å². The Morgan fingerprint density at radius 3 is 2.84 bits per heavy atom. The lowest BCUT2D eigenvalue weighted by atomic mass is 9.84. The molecule has 5 atom stereocenters. The molecule has 136 valence electrons. The van der Waals surface area contributed by atoms with Gasteiger partial charge in [0, 0.05) is 12.3 Å². The SMILES string of the molecule is CC(C)OP1(=O)OCC2O[C@@H](n3ccc(=O)[nH]c3=O)[C@](C)(C#N)[C@@H]2O1. The van der Waals surface area contributed by atoms with E-state index in [2.05, 4.69) is 11.1 Å². The molecule has 11 heteroatoms. The van der Waals surface area contributed by atoms with Crippen molar-refractivity contribution in [3.05, 3.63) is 33.1 Å². The molecule has 0 spiro atoms.